The van der Waals surface area contributed by atoms with Crippen LogP contribution in [0.5, 0.6) is 0 Å². The average Bonchev–Trinajstić information content (AvgIpc) is 3.34. The van der Waals surface area contributed by atoms with E-state index in [0.29, 0.717) is 18.8 Å². The molecule has 3 aromatic heterocycles. The standard InChI is InChI=1S/C23H26N6O/c1-17-14-25-20(26-17)11-12-24-15-19-22(27-21-10-6-7-13-29(19)21)23(30)28(2)16-18-8-4-3-5-9-18/h3-10,13-14,24H,11-12,15-16H2,1-2H3,(H,25,26). The maximum Gasteiger partial charge on any atom is 0.274 e. The molecule has 3 heterocycles. The highest BCUT2D eigenvalue weighted by atomic mass is 16.2. The molecular weight excluding hydrogens is 376 g/mol. The van der Waals surface area contributed by atoms with Gasteiger partial charge in [0.25, 0.3) is 5.91 Å². The smallest absolute Gasteiger partial charge is 0.274 e. The highest BCUT2D eigenvalue weighted by molar-refractivity contribution is 5.94. The number of pyridine rings is 1. The minimum absolute atomic E-state index is 0.0824. The van der Waals surface area contributed by atoms with Crippen molar-refractivity contribution in [3.05, 3.63) is 89.4 Å². The number of carbonyl (C=O) groups excluding carboxylic acids is 1. The number of imidazole rings is 2. The summed E-state index contributed by atoms with van der Waals surface area (Å²) >= 11 is 0. The number of rotatable bonds is 8. The molecule has 0 aliphatic heterocycles. The lowest BCUT2D eigenvalue weighted by molar-refractivity contribution is 0.0778. The molecule has 0 aliphatic carbocycles. The predicted octanol–water partition coefficient (Wildman–Crippen LogP) is 2.97. The second kappa shape index (κ2) is 8.92. The number of fused-ring (bicyclic) bond motifs is 1. The third-order valence-corrected chi connectivity index (χ3v) is 5.03. The first-order valence-corrected chi connectivity index (χ1v) is 10.1. The third kappa shape index (κ3) is 4.41. The van der Waals surface area contributed by atoms with E-state index in [2.05, 4.69) is 20.3 Å². The first-order valence-electron chi connectivity index (χ1n) is 10.1. The lowest BCUT2D eigenvalue weighted by atomic mass is 10.2. The van der Waals surface area contributed by atoms with Crippen LogP contribution in [0.4, 0.5) is 0 Å². The molecule has 7 heteroatoms. The zero-order valence-electron chi connectivity index (χ0n) is 17.3. The number of aromatic nitrogens is 4. The van der Waals surface area contributed by atoms with E-state index < -0.39 is 0 Å². The molecule has 0 spiro atoms. The van der Waals surface area contributed by atoms with Gasteiger partial charge in [0.2, 0.25) is 0 Å². The Kier molecular flexibility index (Phi) is 5.90. The molecule has 0 saturated carbocycles. The second-order valence-electron chi connectivity index (χ2n) is 7.42. The van der Waals surface area contributed by atoms with E-state index in [0.717, 1.165) is 41.4 Å². The van der Waals surface area contributed by atoms with Crippen molar-refractivity contribution in [3.8, 4) is 0 Å². The van der Waals surface area contributed by atoms with E-state index >= 15 is 0 Å². The van der Waals surface area contributed by atoms with Crippen LogP contribution in [0.1, 0.15) is 33.3 Å². The van der Waals surface area contributed by atoms with Crippen LogP contribution >= 0.6 is 0 Å². The molecule has 7 nitrogen and oxygen atoms in total. The second-order valence-corrected chi connectivity index (χ2v) is 7.42. The zero-order valence-corrected chi connectivity index (χ0v) is 17.3. The van der Waals surface area contributed by atoms with Gasteiger partial charge in [0.1, 0.15) is 11.5 Å². The maximum absolute atomic E-state index is 13.2. The Morgan fingerprint density at radius 3 is 2.73 bits per heavy atom. The molecule has 1 amide bonds. The number of benzene rings is 1. The van der Waals surface area contributed by atoms with E-state index in [4.69, 9.17) is 0 Å². The van der Waals surface area contributed by atoms with Gasteiger partial charge in [-0.1, -0.05) is 36.4 Å². The Hall–Kier alpha value is -3.45. The fourth-order valence-corrected chi connectivity index (χ4v) is 3.50. The summed E-state index contributed by atoms with van der Waals surface area (Å²) in [5.41, 5.74) is 4.27. The molecule has 4 rings (SSSR count). The number of carbonyl (C=O) groups is 1. The summed E-state index contributed by atoms with van der Waals surface area (Å²) in [5, 5.41) is 3.43. The third-order valence-electron chi connectivity index (χ3n) is 5.03. The number of H-pyrrole nitrogens is 1. The molecular formula is C23H26N6O. The van der Waals surface area contributed by atoms with Crippen LogP contribution in [0.2, 0.25) is 0 Å². The normalized spacial score (nSPS) is 11.1. The Morgan fingerprint density at radius 2 is 1.97 bits per heavy atom. The van der Waals surface area contributed by atoms with Gasteiger partial charge in [-0.3, -0.25) is 4.79 Å². The topological polar surface area (TPSA) is 78.3 Å². The van der Waals surface area contributed by atoms with Gasteiger partial charge in [-0.15, -0.1) is 0 Å². The van der Waals surface area contributed by atoms with Crippen LogP contribution < -0.4 is 5.32 Å². The molecule has 4 aromatic rings. The summed E-state index contributed by atoms with van der Waals surface area (Å²) in [5.74, 6) is 0.873. The fourth-order valence-electron chi connectivity index (χ4n) is 3.50. The van der Waals surface area contributed by atoms with Crippen molar-refractivity contribution in [1.29, 1.82) is 0 Å². The lowest BCUT2D eigenvalue weighted by Gasteiger charge is -2.17. The van der Waals surface area contributed by atoms with Crippen LogP contribution in [-0.2, 0) is 19.5 Å². The summed E-state index contributed by atoms with van der Waals surface area (Å²) in [7, 11) is 1.82. The predicted molar refractivity (Wildman–Crippen MR) is 116 cm³/mol. The first-order chi connectivity index (χ1) is 14.6. The van der Waals surface area contributed by atoms with Gasteiger partial charge < -0.3 is 19.6 Å². The van der Waals surface area contributed by atoms with Gasteiger partial charge in [-0.25, -0.2) is 9.97 Å². The van der Waals surface area contributed by atoms with Crippen molar-refractivity contribution in [2.45, 2.75) is 26.4 Å². The quantitative estimate of drug-likeness (QED) is 0.444. The van der Waals surface area contributed by atoms with E-state index in [1.165, 1.54) is 0 Å². The Labute approximate surface area is 175 Å². The number of hydrogen-bond donors (Lipinski definition) is 2. The number of nitrogens with zero attached hydrogens (tertiary/aromatic N) is 4. The molecule has 0 atom stereocenters. The number of hydrogen-bond acceptors (Lipinski definition) is 4. The van der Waals surface area contributed by atoms with Crippen molar-refractivity contribution in [2.75, 3.05) is 13.6 Å². The van der Waals surface area contributed by atoms with Crippen LogP contribution in [0, 0.1) is 6.92 Å². The number of nitrogens with one attached hydrogen (secondary N) is 2. The maximum atomic E-state index is 13.2. The van der Waals surface area contributed by atoms with Gasteiger partial charge in [0, 0.05) is 51.2 Å². The van der Waals surface area contributed by atoms with Crippen LogP contribution in [-0.4, -0.2) is 43.8 Å². The van der Waals surface area contributed by atoms with Crippen molar-refractivity contribution >= 4 is 11.6 Å². The van der Waals surface area contributed by atoms with E-state index in [1.807, 2.05) is 79.3 Å². The molecule has 154 valence electrons. The molecule has 30 heavy (non-hydrogen) atoms. The summed E-state index contributed by atoms with van der Waals surface area (Å²) in [6, 6.07) is 15.8. The monoisotopic (exact) mass is 402 g/mol. The summed E-state index contributed by atoms with van der Waals surface area (Å²) in [4.78, 5) is 27.1. The largest absolute Gasteiger partial charge is 0.346 e. The Bertz CT molecular complexity index is 1130. The van der Waals surface area contributed by atoms with Gasteiger partial charge >= 0.3 is 0 Å². The van der Waals surface area contributed by atoms with Crippen LogP contribution in [0.3, 0.4) is 0 Å². The number of aryl methyl sites for hydroxylation is 1. The fraction of sp³-hybridized carbons (Fsp3) is 0.261. The molecule has 0 radical (unpaired) electrons. The summed E-state index contributed by atoms with van der Waals surface area (Å²) in [6.07, 6.45) is 4.57. The van der Waals surface area contributed by atoms with Crippen LogP contribution in [0.15, 0.2) is 60.9 Å². The van der Waals surface area contributed by atoms with Gasteiger partial charge in [-0.05, 0) is 24.6 Å². The molecule has 0 saturated heterocycles. The SMILES string of the molecule is Cc1cnc(CCNCc2c(C(=O)N(C)Cc3ccccc3)nc3ccccn23)[nH]1. The van der Waals surface area contributed by atoms with Crippen molar-refractivity contribution < 1.29 is 4.79 Å². The molecule has 0 bridgehead atoms. The minimum Gasteiger partial charge on any atom is -0.346 e. The number of aromatic amines is 1. The molecule has 1 aromatic carbocycles. The van der Waals surface area contributed by atoms with E-state index in [-0.39, 0.29) is 5.91 Å². The minimum atomic E-state index is -0.0824. The van der Waals surface area contributed by atoms with Crippen molar-refractivity contribution in [2.24, 2.45) is 0 Å². The average molecular weight is 403 g/mol. The van der Waals surface area contributed by atoms with Crippen molar-refractivity contribution in [1.82, 2.24) is 29.6 Å². The molecule has 0 aliphatic rings. The molecule has 0 unspecified atom stereocenters. The van der Waals surface area contributed by atoms with Gasteiger partial charge in [0.15, 0.2) is 5.69 Å². The van der Waals surface area contributed by atoms with E-state index in [1.54, 1.807) is 4.90 Å². The first kappa shape index (κ1) is 19.8. The van der Waals surface area contributed by atoms with Gasteiger partial charge in [0.05, 0.1) is 5.69 Å². The van der Waals surface area contributed by atoms with Crippen molar-refractivity contribution in [3.63, 3.8) is 0 Å². The molecule has 2 N–H and O–H groups in total. The van der Waals surface area contributed by atoms with E-state index in [9.17, 15) is 4.79 Å². The highest BCUT2D eigenvalue weighted by Crippen LogP contribution is 2.16. The molecule has 0 fully saturated rings. The lowest BCUT2D eigenvalue weighted by Crippen LogP contribution is -2.28. The summed E-state index contributed by atoms with van der Waals surface area (Å²) in [6.45, 7) is 3.83. The van der Waals surface area contributed by atoms with Crippen LogP contribution in [0.25, 0.3) is 5.65 Å². The Balaban J connectivity index is 1.50. The number of amides is 1. The highest BCUT2D eigenvalue weighted by Gasteiger charge is 2.21. The van der Waals surface area contributed by atoms with Gasteiger partial charge in [-0.2, -0.15) is 0 Å². The Morgan fingerprint density at radius 1 is 1.17 bits per heavy atom. The zero-order chi connectivity index (χ0) is 20.9. The summed E-state index contributed by atoms with van der Waals surface area (Å²) < 4.78 is 1.98.